The summed E-state index contributed by atoms with van der Waals surface area (Å²) in [5, 5.41) is 8.39. The normalized spacial score (nSPS) is 11.8. The van der Waals surface area contributed by atoms with Crippen molar-refractivity contribution >= 4 is 0 Å². The van der Waals surface area contributed by atoms with Gasteiger partial charge >= 0.3 is 0 Å². The molecule has 1 rings (SSSR count). The van der Waals surface area contributed by atoms with Crippen molar-refractivity contribution in [2.45, 2.75) is 32.2 Å². The predicted octanol–water partition coefficient (Wildman–Crippen LogP) is 2.78. The van der Waals surface area contributed by atoms with Crippen LogP contribution in [0.25, 0.3) is 0 Å². The molecule has 0 aromatic heterocycles. The molecule has 86 valence electrons. The molecule has 0 radical (unpaired) electrons. The van der Waals surface area contributed by atoms with Crippen molar-refractivity contribution in [1.82, 2.24) is 0 Å². The van der Waals surface area contributed by atoms with E-state index in [9.17, 15) is 0 Å². The third kappa shape index (κ3) is 3.92. The molecule has 0 heterocycles. The van der Waals surface area contributed by atoms with Gasteiger partial charge in [-0.25, -0.2) is 0 Å². The molecular weight excluding hydrogens is 200 g/mol. The average molecular weight is 218 g/mol. The van der Waals surface area contributed by atoms with Crippen LogP contribution in [0.3, 0.4) is 0 Å². The summed E-state index contributed by atoms with van der Waals surface area (Å²) in [5.41, 5.74) is 6.87. The topological polar surface area (TPSA) is 59.0 Å². The van der Waals surface area contributed by atoms with E-state index in [1.165, 1.54) is 0 Å². The monoisotopic (exact) mass is 218 g/mol. The number of ether oxygens (including phenoxy) is 1. The van der Waals surface area contributed by atoms with Crippen molar-refractivity contribution in [3.05, 3.63) is 29.8 Å². The van der Waals surface area contributed by atoms with Crippen LogP contribution in [0.4, 0.5) is 0 Å². The van der Waals surface area contributed by atoms with Crippen molar-refractivity contribution in [3.63, 3.8) is 0 Å². The molecule has 0 saturated carbocycles. The van der Waals surface area contributed by atoms with Crippen LogP contribution in [0.15, 0.2) is 24.3 Å². The first-order valence-electron chi connectivity index (χ1n) is 5.60. The van der Waals surface area contributed by atoms with Crippen molar-refractivity contribution in [2.24, 2.45) is 5.73 Å². The first-order valence-corrected chi connectivity index (χ1v) is 5.60. The zero-order chi connectivity index (χ0) is 11.8. The first kappa shape index (κ1) is 12.5. The quantitative estimate of drug-likeness (QED) is 0.747. The molecule has 16 heavy (non-hydrogen) atoms. The Hall–Kier alpha value is -1.53. The fourth-order valence-electron chi connectivity index (χ4n) is 1.48. The van der Waals surface area contributed by atoms with E-state index in [1.54, 1.807) is 0 Å². The maximum absolute atomic E-state index is 8.39. The summed E-state index contributed by atoms with van der Waals surface area (Å²) < 4.78 is 5.66. The Balaban J connectivity index is 2.44. The summed E-state index contributed by atoms with van der Waals surface area (Å²) in [4.78, 5) is 0. The summed E-state index contributed by atoms with van der Waals surface area (Å²) in [6.07, 6.45) is 2.38. The lowest BCUT2D eigenvalue weighted by Gasteiger charge is -2.13. The highest BCUT2D eigenvalue weighted by molar-refractivity contribution is 5.35. The molecular formula is C13H18N2O. The summed E-state index contributed by atoms with van der Waals surface area (Å²) >= 11 is 0. The molecule has 0 aliphatic heterocycles. The van der Waals surface area contributed by atoms with Crippen molar-refractivity contribution in [1.29, 1.82) is 5.26 Å². The number of hydrogen-bond acceptors (Lipinski definition) is 3. The number of para-hydroxylation sites is 1. The minimum absolute atomic E-state index is 0.0182. The van der Waals surface area contributed by atoms with E-state index in [1.807, 2.05) is 31.2 Å². The van der Waals surface area contributed by atoms with E-state index in [2.05, 4.69) is 6.07 Å². The third-order valence-electron chi connectivity index (χ3n) is 2.35. The van der Waals surface area contributed by atoms with Gasteiger partial charge in [0.2, 0.25) is 0 Å². The number of unbranched alkanes of at least 4 members (excludes halogenated alkanes) is 2. The molecule has 0 aliphatic carbocycles. The molecule has 0 saturated heterocycles. The standard InChI is InChI=1S/C13H18N2O/c1-11(15)12-7-3-4-8-13(12)16-10-6-2-5-9-14/h3-4,7-8,11H,2,5-6,10,15H2,1H3/t11-/m0/s1. The van der Waals surface area contributed by atoms with Gasteiger partial charge in [-0.2, -0.15) is 5.26 Å². The molecule has 1 aromatic rings. The highest BCUT2D eigenvalue weighted by Gasteiger charge is 2.06. The van der Waals surface area contributed by atoms with Gasteiger partial charge in [0.25, 0.3) is 0 Å². The summed E-state index contributed by atoms with van der Waals surface area (Å²) in [7, 11) is 0. The van der Waals surface area contributed by atoms with Crippen molar-refractivity contribution in [2.75, 3.05) is 6.61 Å². The lowest BCUT2D eigenvalue weighted by molar-refractivity contribution is 0.303. The van der Waals surface area contributed by atoms with Crippen LogP contribution in [0.2, 0.25) is 0 Å². The second kappa shape index (κ2) is 6.86. The Morgan fingerprint density at radius 1 is 1.38 bits per heavy atom. The second-order valence-electron chi connectivity index (χ2n) is 3.79. The lowest BCUT2D eigenvalue weighted by Crippen LogP contribution is -2.08. The molecule has 3 nitrogen and oxygen atoms in total. The van der Waals surface area contributed by atoms with Gasteiger partial charge in [-0.15, -0.1) is 0 Å². The van der Waals surface area contributed by atoms with E-state index >= 15 is 0 Å². The number of benzene rings is 1. The first-order chi connectivity index (χ1) is 7.75. The third-order valence-corrected chi connectivity index (χ3v) is 2.35. The largest absolute Gasteiger partial charge is 0.493 e. The van der Waals surface area contributed by atoms with Gasteiger partial charge in [-0.05, 0) is 25.8 Å². The van der Waals surface area contributed by atoms with Crippen LogP contribution in [0.1, 0.15) is 37.8 Å². The van der Waals surface area contributed by atoms with Gasteiger partial charge in [0.05, 0.1) is 12.7 Å². The molecule has 0 aliphatic rings. The minimum Gasteiger partial charge on any atom is -0.493 e. The number of nitrogens with zero attached hydrogens (tertiary/aromatic N) is 1. The zero-order valence-corrected chi connectivity index (χ0v) is 9.65. The molecule has 0 amide bonds. The van der Waals surface area contributed by atoms with Crippen molar-refractivity contribution in [3.8, 4) is 11.8 Å². The van der Waals surface area contributed by atoms with Crippen LogP contribution < -0.4 is 10.5 Å². The maximum atomic E-state index is 8.39. The van der Waals surface area contributed by atoms with Gasteiger partial charge in [-0.3, -0.25) is 0 Å². The predicted molar refractivity (Wildman–Crippen MR) is 64.0 cm³/mol. The second-order valence-corrected chi connectivity index (χ2v) is 3.79. The fourth-order valence-corrected chi connectivity index (χ4v) is 1.48. The maximum Gasteiger partial charge on any atom is 0.124 e. The van der Waals surface area contributed by atoms with Gasteiger partial charge in [0.15, 0.2) is 0 Å². The smallest absolute Gasteiger partial charge is 0.124 e. The molecule has 0 fully saturated rings. The SMILES string of the molecule is C[C@H](N)c1ccccc1OCCCCC#N. The number of nitrogens with two attached hydrogens (primary N) is 1. The summed E-state index contributed by atoms with van der Waals surface area (Å²) in [5.74, 6) is 0.856. The van der Waals surface area contributed by atoms with E-state index in [4.69, 9.17) is 15.7 Å². The van der Waals surface area contributed by atoms with Crippen LogP contribution in [-0.2, 0) is 0 Å². The van der Waals surface area contributed by atoms with E-state index in [0.29, 0.717) is 13.0 Å². The van der Waals surface area contributed by atoms with Gasteiger partial charge < -0.3 is 10.5 Å². The van der Waals surface area contributed by atoms with Gasteiger partial charge in [-0.1, -0.05) is 18.2 Å². The number of nitriles is 1. The highest BCUT2D eigenvalue weighted by atomic mass is 16.5. The number of hydrogen-bond donors (Lipinski definition) is 1. The molecule has 3 heteroatoms. The Kier molecular flexibility index (Phi) is 5.38. The lowest BCUT2D eigenvalue weighted by atomic mass is 10.1. The van der Waals surface area contributed by atoms with Crippen molar-refractivity contribution < 1.29 is 4.74 Å². The summed E-state index contributed by atoms with van der Waals surface area (Å²) in [6, 6.07) is 9.92. The average Bonchev–Trinajstić information content (AvgIpc) is 2.29. The molecule has 2 N–H and O–H groups in total. The highest BCUT2D eigenvalue weighted by Crippen LogP contribution is 2.23. The molecule has 0 unspecified atom stereocenters. The van der Waals surface area contributed by atoms with Crippen LogP contribution in [-0.4, -0.2) is 6.61 Å². The molecule has 0 bridgehead atoms. The Bertz CT molecular complexity index is 355. The van der Waals surface area contributed by atoms with Crippen LogP contribution in [0.5, 0.6) is 5.75 Å². The Labute approximate surface area is 96.8 Å². The molecule has 0 spiro atoms. The minimum atomic E-state index is -0.0182. The van der Waals surface area contributed by atoms with Crippen LogP contribution in [0, 0.1) is 11.3 Å². The number of rotatable bonds is 6. The van der Waals surface area contributed by atoms with Crippen LogP contribution >= 0.6 is 0 Å². The van der Waals surface area contributed by atoms with Gasteiger partial charge in [0, 0.05) is 18.0 Å². The van der Waals surface area contributed by atoms with E-state index in [0.717, 1.165) is 24.2 Å². The molecule has 1 aromatic carbocycles. The fraction of sp³-hybridized carbons (Fsp3) is 0.462. The van der Waals surface area contributed by atoms with E-state index in [-0.39, 0.29) is 6.04 Å². The summed E-state index contributed by atoms with van der Waals surface area (Å²) in [6.45, 7) is 2.59. The van der Waals surface area contributed by atoms with Gasteiger partial charge in [0.1, 0.15) is 5.75 Å². The Morgan fingerprint density at radius 3 is 2.81 bits per heavy atom. The van der Waals surface area contributed by atoms with E-state index < -0.39 is 0 Å². The zero-order valence-electron chi connectivity index (χ0n) is 9.65. The Morgan fingerprint density at radius 2 is 2.12 bits per heavy atom. The molecule has 1 atom stereocenters.